The molecule has 0 radical (unpaired) electrons. The van der Waals surface area contributed by atoms with Crippen LogP contribution in [0.1, 0.15) is 75.3 Å². The van der Waals surface area contributed by atoms with Crippen LogP contribution in [-0.2, 0) is 4.79 Å². The second-order valence-electron chi connectivity index (χ2n) is 8.53. The summed E-state index contributed by atoms with van der Waals surface area (Å²) in [6, 6.07) is 11.5. The normalized spacial score (nSPS) is 24.4. The Hall–Kier alpha value is -1.77. The fourth-order valence-electron chi connectivity index (χ4n) is 4.65. The van der Waals surface area contributed by atoms with E-state index in [0.29, 0.717) is 25.0 Å². The van der Waals surface area contributed by atoms with Crippen molar-refractivity contribution in [2.24, 2.45) is 0 Å². The number of rotatable bonds is 3. The second-order valence-corrected chi connectivity index (χ2v) is 9.46. The lowest BCUT2D eigenvalue weighted by Crippen LogP contribution is -2.51. The minimum Gasteiger partial charge on any atom is -0.292 e. The van der Waals surface area contributed by atoms with Gasteiger partial charge in [-0.3, -0.25) is 14.6 Å². The van der Waals surface area contributed by atoms with Gasteiger partial charge in [0.05, 0.1) is 29.2 Å². The summed E-state index contributed by atoms with van der Waals surface area (Å²) in [7, 11) is 0. The Labute approximate surface area is 172 Å². The molecule has 3 aliphatic rings. The van der Waals surface area contributed by atoms with Gasteiger partial charge in [0.1, 0.15) is 0 Å². The molecule has 0 N–H and O–H groups in total. The second kappa shape index (κ2) is 8.31. The number of benzene rings is 1. The van der Waals surface area contributed by atoms with Crippen LogP contribution in [0.4, 0.5) is 0 Å². The number of allylic oxidation sites excluding steroid dienone is 1. The van der Waals surface area contributed by atoms with Crippen LogP contribution in [-0.4, -0.2) is 34.3 Å². The maximum absolute atomic E-state index is 13.0. The molecule has 1 aromatic carbocycles. The van der Waals surface area contributed by atoms with E-state index >= 15 is 0 Å². The number of hydrogen-bond donors (Lipinski definition) is 0. The third kappa shape index (κ3) is 3.73. The Bertz CT molecular complexity index is 802. The van der Waals surface area contributed by atoms with Crippen LogP contribution in [0.2, 0.25) is 0 Å². The summed E-state index contributed by atoms with van der Waals surface area (Å²) >= 11 is 1.68. The molecule has 148 valence electrons. The first-order valence-corrected chi connectivity index (χ1v) is 11.5. The Morgan fingerprint density at radius 3 is 2.50 bits per heavy atom. The van der Waals surface area contributed by atoms with Crippen LogP contribution in [0.5, 0.6) is 0 Å². The molecule has 4 rings (SSSR count). The van der Waals surface area contributed by atoms with Crippen LogP contribution in [0.3, 0.4) is 0 Å². The van der Waals surface area contributed by atoms with E-state index < -0.39 is 0 Å². The van der Waals surface area contributed by atoms with Crippen molar-refractivity contribution in [1.29, 1.82) is 5.26 Å². The maximum atomic E-state index is 13.0. The summed E-state index contributed by atoms with van der Waals surface area (Å²) < 4.78 is 0. The molecule has 28 heavy (non-hydrogen) atoms. The third-order valence-corrected chi connectivity index (χ3v) is 7.59. The molecule has 0 spiro atoms. The number of carbonyl (C=O) groups excluding carboxylic acids is 1. The minimum atomic E-state index is -0.112. The summed E-state index contributed by atoms with van der Waals surface area (Å²) in [5.41, 5.74) is 3.13. The van der Waals surface area contributed by atoms with Crippen LogP contribution in [0.25, 0.3) is 0 Å². The van der Waals surface area contributed by atoms with E-state index in [9.17, 15) is 10.1 Å². The Morgan fingerprint density at radius 1 is 1.14 bits per heavy atom. The largest absolute Gasteiger partial charge is 0.292 e. The van der Waals surface area contributed by atoms with Crippen molar-refractivity contribution in [3.63, 3.8) is 0 Å². The monoisotopic (exact) mass is 395 g/mol. The summed E-state index contributed by atoms with van der Waals surface area (Å²) in [6.07, 6.45) is 6.78. The van der Waals surface area contributed by atoms with Gasteiger partial charge in [-0.1, -0.05) is 69.1 Å². The molecule has 1 aromatic rings. The van der Waals surface area contributed by atoms with Crippen molar-refractivity contribution in [2.75, 3.05) is 12.5 Å². The number of hydrogen-bond acceptors (Lipinski definition) is 4. The van der Waals surface area contributed by atoms with Gasteiger partial charge in [-0.2, -0.15) is 5.26 Å². The number of nitriles is 1. The van der Waals surface area contributed by atoms with Crippen molar-refractivity contribution in [2.45, 2.75) is 70.3 Å². The van der Waals surface area contributed by atoms with Crippen LogP contribution in [0.15, 0.2) is 34.9 Å². The zero-order chi connectivity index (χ0) is 19.7. The zero-order valence-electron chi connectivity index (χ0n) is 16.9. The van der Waals surface area contributed by atoms with Gasteiger partial charge in [0.2, 0.25) is 5.91 Å². The Kier molecular flexibility index (Phi) is 5.80. The maximum Gasteiger partial charge on any atom is 0.229 e. The van der Waals surface area contributed by atoms with E-state index in [1.165, 1.54) is 37.7 Å². The highest BCUT2D eigenvalue weighted by atomic mass is 32.2. The molecule has 0 aromatic heterocycles. The average Bonchev–Trinajstić information content (AvgIpc) is 2.74. The standard InChI is InChI=1S/C23H29N3OS/c1-16(2)17-8-10-18(11-9-17)20-12-22(27)26-14-25(19-6-4-3-5-7-19)15-28-23(26)21(20)13-24/h8-11,16,19-20H,3-7,12,14-15H2,1-2H3/t20-/m1/s1. The summed E-state index contributed by atoms with van der Waals surface area (Å²) in [4.78, 5) is 17.3. The molecule has 1 saturated carbocycles. The van der Waals surface area contributed by atoms with Gasteiger partial charge >= 0.3 is 0 Å². The van der Waals surface area contributed by atoms with Gasteiger partial charge in [0, 0.05) is 18.4 Å². The topological polar surface area (TPSA) is 47.3 Å². The smallest absolute Gasteiger partial charge is 0.229 e. The quantitative estimate of drug-likeness (QED) is 0.709. The van der Waals surface area contributed by atoms with E-state index in [4.69, 9.17) is 0 Å². The molecule has 1 aliphatic carbocycles. The summed E-state index contributed by atoms with van der Waals surface area (Å²) in [6.45, 7) is 5.00. The molecule has 5 heteroatoms. The van der Waals surface area contributed by atoms with Crippen molar-refractivity contribution in [1.82, 2.24) is 9.80 Å². The lowest BCUT2D eigenvalue weighted by atomic mass is 9.85. The molecular formula is C23H29N3OS. The van der Waals surface area contributed by atoms with Crippen molar-refractivity contribution >= 4 is 17.7 Å². The highest BCUT2D eigenvalue weighted by molar-refractivity contribution is 8.03. The summed E-state index contributed by atoms with van der Waals surface area (Å²) in [5.74, 6) is 1.40. The van der Waals surface area contributed by atoms with Crippen molar-refractivity contribution < 1.29 is 4.79 Å². The first-order valence-electron chi connectivity index (χ1n) is 10.5. The van der Waals surface area contributed by atoms with Gasteiger partial charge in [-0.15, -0.1) is 0 Å². The SMILES string of the molecule is CC(C)c1ccc([C@H]2CC(=O)N3CN(C4CCCCC4)CSC3=C2C#N)cc1. The lowest BCUT2D eigenvalue weighted by molar-refractivity contribution is -0.132. The van der Waals surface area contributed by atoms with Crippen molar-refractivity contribution in [3.8, 4) is 6.07 Å². The van der Waals surface area contributed by atoms with E-state index in [-0.39, 0.29) is 11.8 Å². The first kappa shape index (κ1) is 19.5. The predicted molar refractivity (Wildman–Crippen MR) is 113 cm³/mol. The molecule has 2 heterocycles. The summed E-state index contributed by atoms with van der Waals surface area (Å²) in [5, 5.41) is 10.8. The molecule has 1 saturated heterocycles. The van der Waals surface area contributed by atoms with Gasteiger partial charge < -0.3 is 0 Å². The average molecular weight is 396 g/mol. The van der Waals surface area contributed by atoms with Crippen molar-refractivity contribution in [3.05, 3.63) is 46.0 Å². The molecule has 0 bridgehead atoms. The molecule has 1 atom stereocenters. The van der Waals surface area contributed by atoms with Gasteiger partial charge in [0.25, 0.3) is 0 Å². The number of fused-ring (bicyclic) bond motifs is 1. The highest BCUT2D eigenvalue weighted by Crippen LogP contribution is 2.43. The third-order valence-electron chi connectivity index (χ3n) is 6.41. The molecule has 1 amide bonds. The fourth-order valence-corrected chi connectivity index (χ4v) is 5.89. The van der Waals surface area contributed by atoms with Gasteiger partial charge in [0.15, 0.2) is 0 Å². The lowest BCUT2D eigenvalue weighted by Gasteiger charge is -2.44. The number of nitrogens with zero attached hydrogens (tertiary/aromatic N) is 3. The van der Waals surface area contributed by atoms with E-state index in [2.05, 4.69) is 49.1 Å². The molecule has 2 aliphatic heterocycles. The Morgan fingerprint density at radius 2 is 1.86 bits per heavy atom. The molecule has 4 nitrogen and oxygen atoms in total. The molecule has 0 unspecified atom stereocenters. The predicted octanol–water partition coefficient (Wildman–Crippen LogP) is 5.16. The first-order chi connectivity index (χ1) is 13.6. The van der Waals surface area contributed by atoms with Crippen LogP contribution >= 0.6 is 11.8 Å². The molecular weight excluding hydrogens is 366 g/mol. The molecule has 2 fully saturated rings. The van der Waals surface area contributed by atoms with Gasteiger partial charge in [-0.05, 0) is 29.9 Å². The number of carbonyl (C=O) groups is 1. The zero-order valence-corrected chi connectivity index (χ0v) is 17.7. The fraction of sp³-hybridized carbons (Fsp3) is 0.565. The highest BCUT2D eigenvalue weighted by Gasteiger charge is 2.39. The number of amides is 1. The van der Waals surface area contributed by atoms with Gasteiger partial charge in [-0.25, -0.2) is 0 Å². The van der Waals surface area contributed by atoms with E-state index in [1.807, 2.05) is 4.90 Å². The minimum absolute atomic E-state index is 0.112. The van der Waals surface area contributed by atoms with Crippen LogP contribution < -0.4 is 0 Å². The number of thioether (sulfide) groups is 1. The van der Waals surface area contributed by atoms with Crippen LogP contribution in [0, 0.1) is 11.3 Å². The Balaban J connectivity index is 1.58. The van der Waals surface area contributed by atoms with E-state index in [0.717, 1.165) is 22.0 Å². The van der Waals surface area contributed by atoms with E-state index in [1.54, 1.807) is 11.8 Å².